The van der Waals surface area contributed by atoms with E-state index in [0.717, 1.165) is 14.6 Å². The van der Waals surface area contributed by atoms with Crippen LogP contribution in [0.25, 0.3) is 0 Å². The Labute approximate surface area is 138 Å². The quantitative estimate of drug-likeness (QED) is 0.438. The Balaban J connectivity index is -0.0000000167. The average molecular weight is 329 g/mol. The van der Waals surface area contributed by atoms with E-state index in [1.807, 2.05) is 24.3 Å². The summed E-state index contributed by atoms with van der Waals surface area (Å²) in [5.74, 6) is 5.11. The molecule has 0 saturated heterocycles. The van der Waals surface area contributed by atoms with E-state index in [1.54, 1.807) is 0 Å². The first-order valence-corrected chi connectivity index (χ1v) is 4.29. The Morgan fingerprint density at radius 1 is 1.00 bits per heavy atom. The second-order valence-electron chi connectivity index (χ2n) is 1.82. The first-order valence-electron chi connectivity index (χ1n) is 3.21. The van der Waals surface area contributed by atoms with E-state index < -0.39 is 0 Å². The topological polar surface area (TPSA) is 0 Å². The van der Waals surface area contributed by atoms with Crippen molar-refractivity contribution in [2.24, 2.45) is 0 Å². The molecule has 1 aliphatic carbocycles. The van der Waals surface area contributed by atoms with Crippen molar-refractivity contribution in [3.8, 4) is 0 Å². The van der Waals surface area contributed by atoms with Gasteiger partial charge >= 0.3 is 0 Å². The zero-order valence-electron chi connectivity index (χ0n) is 11.0. The molecule has 0 bridgehead atoms. The Kier molecular flexibility index (Phi) is 91.3. The minimum absolute atomic E-state index is 0. The van der Waals surface area contributed by atoms with Crippen LogP contribution >= 0.6 is 33.0 Å². The molecule has 2 rings (SSSR count). The van der Waals surface area contributed by atoms with Crippen LogP contribution in [0.5, 0.6) is 0 Å². The molecule has 1 atom stereocenters. The maximum atomic E-state index is 3.01. The number of hydrogen-bond donors (Lipinski definition) is 0. The number of halogens is 2. The Morgan fingerprint density at radius 2 is 1.59 bits per heavy atom. The van der Waals surface area contributed by atoms with Crippen LogP contribution in [-0.4, -0.2) is 0 Å². The summed E-state index contributed by atoms with van der Waals surface area (Å²) in [5.41, 5.74) is 0. The summed E-state index contributed by atoms with van der Waals surface area (Å²) >= 11 is 0. The van der Waals surface area contributed by atoms with Crippen LogP contribution in [0.15, 0.2) is 36.2 Å². The van der Waals surface area contributed by atoms with Gasteiger partial charge in [-0.2, -0.15) is 23.7 Å². The summed E-state index contributed by atoms with van der Waals surface area (Å²) in [4.78, 5) is 0. The molecule has 0 spiro atoms. The second kappa shape index (κ2) is 36.0. The van der Waals surface area contributed by atoms with E-state index in [-0.39, 0.29) is 76.2 Å². The van der Waals surface area contributed by atoms with Crippen LogP contribution in [0.2, 0.25) is 0 Å². The summed E-state index contributed by atoms with van der Waals surface area (Å²) < 4.78 is 0. The zero-order chi connectivity index (χ0) is 7.07. The van der Waals surface area contributed by atoms with E-state index in [0.29, 0.717) is 0 Å². The molecule has 4 heteroatoms. The third-order valence-electron chi connectivity index (χ3n) is 1.03. The summed E-state index contributed by atoms with van der Waals surface area (Å²) in [5, 5.41) is 0. The van der Waals surface area contributed by atoms with Gasteiger partial charge in [-0.25, -0.2) is 18.2 Å². The second-order valence-corrected chi connectivity index (χ2v) is 2.73. The normalized spacial score (nSPS) is 8.00. The van der Waals surface area contributed by atoms with Gasteiger partial charge in [0, 0.05) is 21.7 Å². The van der Waals surface area contributed by atoms with Crippen molar-refractivity contribution in [2.45, 2.75) is 6.42 Å². The molecule has 0 N–H and O–H groups in total. The number of allylic oxidation sites excluding steroid dienone is 4. The van der Waals surface area contributed by atoms with E-state index in [1.165, 1.54) is 0 Å². The molecule has 0 saturated carbocycles. The van der Waals surface area contributed by atoms with Gasteiger partial charge in [-0.1, -0.05) is 0 Å². The zero-order valence-corrected chi connectivity index (χ0v) is 15.2. The Bertz CT molecular complexity index is 182. The number of hydrogen-bond acceptors (Lipinski definition) is 0. The molecule has 1 aromatic heterocycles. The third kappa shape index (κ3) is 31.5. The Morgan fingerprint density at radius 3 is 1.71 bits per heavy atom. The molecule has 1 aliphatic rings. The predicted octanol–water partition coefficient (Wildman–Crippen LogP) is 5.47. The van der Waals surface area contributed by atoms with Gasteiger partial charge < -0.3 is 29.7 Å². The fourth-order valence-electron chi connectivity index (χ4n) is 0.581. The maximum Gasteiger partial charge on any atom is 0 e. The molecule has 0 aliphatic heterocycles. The standard InChI is InChI=1S/C5H5.C4H4P.4CH3.2ClH.Ti/c2*1-2-4-5-3-1;;;;;;;/h1-3H,4H2;1-3,5H;4*1H3;2*1H;/q6*-1;;;. The van der Waals surface area contributed by atoms with E-state index in [9.17, 15) is 0 Å². The monoisotopic (exact) mass is 328 g/mol. The van der Waals surface area contributed by atoms with Crippen LogP contribution in [0, 0.1) is 41.6 Å². The Hall–Kier alpha value is 0.554. The fourth-order valence-corrected chi connectivity index (χ4v) is 1.06. The first kappa shape index (κ1) is 43.2. The first-order chi connectivity index (χ1) is 5.00. The molecule has 17 heavy (non-hydrogen) atoms. The molecular weight excluding hydrogens is 306 g/mol. The molecular formula is C13H23Cl2PTi-6. The number of rotatable bonds is 0. The molecule has 0 amide bonds. The molecule has 0 fully saturated rings. The van der Waals surface area contributed by atoms with Crippen molar-refractivity contribution in [3.63, 3.8) is 0 Å². The van der Waals surface area contributed by atoms with Crippen LogP contribution in [-0.2, 0) is 21.7 Å². The SMILES string of the molecule is Cl.Cl.[C-]1=CC=CC1.[CH3-].[CH3-].[CH3-].[CH3-].[Ti].[c-]1ccc[pH]1. The van der Waals surface area contributed by atoms with Gasteiger partial charge in [0.1, 0.15) is 0 Å². The molecule has 1 heterocycles. The minimum atomic E-state index is 0. The van der Waals surface area contributed by atoms with Crippen molar-refractivity contribution in [2.75, 3.05) is 0 Å². The van der Waals surface area contributed by atoms with Crippen LogP contribution in [0.4, 0.5) is 0 Å². The summed E-state index contributed by atoms with van der Waals surface area (Å²) in [6, 6.07) is 3.96. The molecule has 1 aromatic rings. The van der Waals surface area contributed by atoms with Gasteiger partial charge in [0.15, 0.2) is 0 Å². The van der Waals surface area contributed by atoms with Crippen LogP contribution in [0.1, 0.15) is 6.42 Å². The van der Waals surface area contributed by atoms with Crippen molar-refractivity contribution in [3.05, 3.63) is 77.7 Å². The van der Waals surface area contributed by atoms with Crippen molar-refractivity contribution < 1.29 is 21.7 Å². The predicted molar refractivity (Wildman–Crippen MR) is 86.5 cm³/mol. The van der Waals surface area contributed by atoms with Crippen molar-refractivity contribution in [1.82, 2.24) is 0 Å². The molecule has 0 aromatic carbocycles. The van der Waals surface area contributed by atoms with Gasteiger partial charge in [-0.15, -0.1) is 31.2 Å². The van der Waals surface area contributed by atoms with Gasteiger partial charge in [-0.3, -0.25) is 14.3 Å². The largest absolute Gasteiger partial charge is 0.358 e. The third-order valence-corrected chi connectivity index (χ3v) is 1.72. The molecule has 104 valence electrons. The molecule has 1 unspecified atom stereocenters. The van der Waals surface area contributed by atoms with Gasteiger partial charge in [0.2, 0.25) is 0 Å². The van der Waals surface area contributed by atoms with E-state index in [4.69, 9.17) is 0 Å². The summed E-state index contributed by atoms with van der Waals surface area (Å²) in [7, 11) is 0.823. The van der Waals surface area contributed by atoms with Gasteiger partial charge in [0.25, 0.3) is 0 Å². The maximum absolute atomic E-state index is 3.01. The summed E-state index contributed by atoms with van der Waals surface area (Å²) in [6.45, 7) is 0. The smallest absolute Gasteiger partial charge is 0 e. The summed E-state index contributed by atoms with van der Waals surface area (Å²) in [6.07, 6.45) is 10.0. The van der Waals surface area contributed by atoms with Crippen LogP contribution < -0.4 is 0 Å². The van der Waals surface area contributed by atoms with Crippen LogP contribution in [0.3, 0.4) is 0 Å². The van der Waals surface area contributed by atoms with Gasteiger partial charge in [-0.05, 0) is 0 Å². The van der Waals surface area contributed by atoms with Crippen molar-refractivity contribution in [1.29, 1.82) is 0 Å². The van der Waals surface area contributed by atoms with E-state index >= 15 is 0 Å². The minimum Gasteiger partial charge on any atom is -0.358 e. The van der Waals surface area contributed by atoms with Crippen molar-refractivity contribution >= 4 is 33.0 Å². The average Bonchev–Trinajstić information content (AvgIpc) is 2.67. The van der Waals surface area contributed by atoms with E-state index in [2.05, 4.69) is 23.7 Å². The molecule has 0 nitrogen and oxygen atoms in total. The van der Waals surface area contributed by atoms with Gasteiger partial charge in [0.05, 0.1) is 0 Å². The molecule has 0 radical (unpaired) electrons. The fraction of sp³-hybridized carbons (Fsp3) is 0.0769.